The summed E-state index contributed by atoms with van der Waals surface area (Å²) >= 11 is 0. The molecule has 0 aliphatic heterocycles. The summed E-state index contributed by atoms with van der Waals surface area (Å²) in [7, 11) is 1.75. The van der Waals surface area contributed by atoms with Gasteiger partial charge in [-0.1, -0.05) is 12.1 Å². The number of guanidine groups is 1. The number of rotatable bonds is 6. The Labute approximate surface area is 168 Å². The van der Waals surface area contributed by atoms with Gasteiger partial charge in [-0.3, -0.25) is 4.99 Å². The zero-order valence-electron chi connectivity index (χ0n) is 16.2. The highest BCUT2D eigenvalue weighted by Gasteiger charge is 2.06. The van der Waals surface area contributed by atoms with E-state index < -0.39 is 0 Å². The van der Waals surface area contributed by atoms with Crippen LogP contribution in [-0.4, -0.2) is 34.3 Å². The molecule has 0 amide bonds. The van der Waals surface area contributed by atoms with E-state index in [0.717, 1.165) is 40.1 Å². The first-order valence-electron chi connectivity index (χ1n) is 9.52. The number of aliphatic imine (C=N–C) groups is 1. The Balaban J connectivity index is 1.32. The van der Waals surface area contributed by atoms with Crippen molar-refractivity contribution in [2.75, 3.05) is 13.6 Å². The van der Waals surface area contributed by atoms with Gasteiger partial charge in [0.05, 0.1) is 5.69 Å². The molecule has 0 aliphatic rings. The zero-order chi connectivity index (χ0) is 20.1. The summed E-state index contributed by atoms with van der Waals surface area (Å²) in [4.78, 5) is 7.46. The van der Waals surface area contributed by atoms with Crippen molar-refractivity contribution in [2.24, 2.45) is 4.99 Å². The highest BCUT2D eigenvalue weighted by atomic mass is 19.1. The van der Waals surface area contributed by atoms with Crippen LogP contribution in [0.5, 0.6) is 0 Å². The molecular weight excluding hydrogens is 367 g/mol. The molecule has 0 aliphatic carbocycles. The SMILES string of the molecule is CN=C(NCCc1c[nH]c2ccc(F)cc12)NCc1cccc(-n2cccn2)c1. The Hall–Kier alpha value is -3.61. The third-order valence-electron chi connectivity index (χ3n) is 4.78. The minimum atomic E-state index is -0.221. The molecule has 0 saturated heterocycles. The van der Waals surface area contributed by atoms with Crippen molar-refractivity contribution in [2.45, 2.75) is 13.0 Å². The molecule has 2 heterocycles. The molecule has 0 bridgehead atoms. The Bertz CT molecular complexity index is 1110. The topological polar surface area (TPSA) is 70.0 Å². The number of nitrogens with zero attached hydrogens (tertiary/aromatic N) is 3. The fraction of sp³-hybridized carbons (Fsp3) is 0.182. The van der Waals surface area contributed by atoms with Gasteiger partial charge in [-0.15, -0.1) is 0 Å². The predicted octanol–water partition coefficient (Wildman–Crippen LogP) is 3.40. The molecule has 4 aromatic rings. The lowest BCUT2D eigenvalue weighted by molar-refractivity contribution is 0.629. The molecule has 0 atom stereocenters. The number of H-pyrrole nitrogens is 1. The van der Waals surface area contributed by atoms with Crippen molar-refractivity contribution in [1.29, 1.82) is 0 Å². The van der Waals surface area contributed by atoms with Crippen LogP contribution >= 0.6 is 0 Å². The van der Waals surface area contributed by atoms with Gasteiger partial charge in [0.2, 0.25) is 0 Å². The van der Waals surface area contributed by atoms with E-state index in [1.54, 1.807) is 25.4 Å². The molecule has 148 valence electrons. The van der Waals surface area contributed by atoms with Crippen LogP contribution in [0.4, 0.5) is 4.39 Å². The first kappa shape index (κ1) is 18.7. The van der Waals surface area contributed by atoms with Crippen LogP contribution in [0, 0.1) is 5.82 Å². The second kappa shape index (κ2) is 8.60. The standard InChI is InChI=1S/C22H23FN6/c1-24-22(25-10-8-17-15-26-21-7-6-18(23)13-20(17)21)27-14-16-4-2-5-19(12-16)29-11-3-9-28-29/h2-7,9,11-13,15,26H,8,10,14H2,1H3,(H2,24,25,27). The van der Waals surface area contributed by atoms with E-state index in [9.17, 15) is 4.39 Å². The van der Waals surface area contributed by atoms with Crippen LogP contribution < -0.4 is 10.6 Å². The van der Waals surface area contributed by atoms with Crippen LogP contribution in [0.1, 0.15) is 11.1 Å². The fourth-order valence-corrected chi connectivity index (χ4v) is 3.31. The summed E-state index contributed by atoms with van der Waals surface area (Å²) in [6.07, 6.45) is 6.38. The van der Waals surface area contributed by atoms with Crippen molar-refractivity contribution >= 4 is 16.9 Å². The van der Waals surface area contributed by atoms with Gasteiger partial charge in [0.15, 0.2) is 5.96 Å². The van der Waals surface area contributed by atoms with Crippen LogP contribution in [0.2, 0.25) is 0 Å². The molecule has 0 radical (unpaired) electrons. The van der Waals surface area contributed by atoms with E-state index in [1.807, 2.05) is 35.3 Å². The number of nitrogens with one attached hydrogen (secondary N) is 3. The molecule has 6 nitrogen and oxygen atoms in total. The molecule has 0 saturated carbocycles. The number of hydrogen-bond acceptors (Lipinski definition) is 2. The summed E-state index contributed by atoms with van der Waals surface area (Å²) in [5, 5.41) is 11.8. The van der Waals surface area contributed by atoms with Crippen molar-refractivity contribution in [3.05, 3.63) is 84.1 Å². The van der Waals surface area contributed by atoms with Crippen LogP contribution in [0.25, 0.3) is 16.6 Å². The van der Waals surface area contributed by atoms with Crippen LogP contribution in [0.3, 0.4) is 0 Å². The second-order valence-electron chi connectivity index (χ2n) is 6.73. The summed E-state index contributed by atoms with van der Waals surface area (Å²) in [6.45, 7) is 1.34. The molecule has 2 aromatic heterocycles. The lowest BCUT2D eigenvalue weighted by Gasteiger charge is -2.12. The summed E-state index contributed by atoms with van der Waals surface area (Å²) in [5.41, 5.74) is 4.17. The average molecular weight is 390 g/mol. The maximum absolute atomic E-state index is 13.5. The van der Waals surface area contributed by atoms with E-state index in [2.05, 4.69) is 37.8 Å². The Kier molecular flexibility index (Phi) is 5.56. The van der Waals surface area contributed by atoms with Crippen molar-refractivity contribution in [1.82, 2.24) is 25.4 Å². The quantitative estimate of drug-likeness (QED) is 0.349. The van der Waals surface area contributed by atoms with Crippen LogP contribution in [0.15, 0.2) is 72.1 Å². The minimum absolute atomic E-state index is 0.221. The summed E-state index contributed by atoms with van der Waals surface area (Å²) in [5.74, 6) is 0.502. The van der Waals surface area contributed by atoms with Crippen molar-refractivity contribution in [3.63, 3.8) is 0 Å². The van der Waals surface area contributed by atoms with Crippen molar-refractivity contribution < 1.29 is 4.39 Å². The van der Waals surface area contributed by atoms with Gasteiger partial charge in [0, 0.05) is 49.6 Å². The number of aromatic nitrogens is 3. The highest BCUT2D eigenvalue weighted by molar-refractivity contribution is 5.83. The number of benzene rings is 2. The lowest BCUT2D eigenvalue weighted by atomic mass is 10.1. The Morgan fingerprint density at radius 3 is 2.93 bits per heavy atom. The number of hydrogen-bond donors (Lipinski definition) is 3. The largest absolute Gasteiger partial charge is 0.361 e. The van der Waals surface area contributed by atoms with E-state index in [0.29, 0.717) is 13.1 Å². The molecule has 29 heavy (non-hydrogen) atoms. The van der Waals surface area contributed by atoms with E-state index in [-0.39, 0.29) is 5.82 Å². The summed E-state index contributed by atoms with van der Waals surface area (Å²) < 4.78 is 15.3. The number of fused-ring (bicyclic) bond motifs is 1. The van der Waals surface area contributed by atoms with Gasteiger partial charge in [0.1, 0.15) is 5.82 Å². The number of aromatic amines is 1. The number of halogens is 1. The minimum Gasteiger partial charge on any atom is -0.361 e. The van der Waals surface area contributed by atoms with E-state index in [4.69, 9.17) is 0 Å². The maximum Gasteiger partial charge on any atom is 0.191 e. The fourth-order valence-electron chi connectivity index (χ4n) is 3.31. The zero-order valence-corrected chi connectivity index (χ0v) is 16.2. The third-order valence-corrected chi connectivity index (χ3v) is 4.78. The average Bonchev–Trinajstić information content (AvgIpc) is 3.41. The lowest BCUT2D eigenvalue weighted by Crippen LogP contribution is -2.37. The molecule has 0 spiro atoms. The van der Waals surface area contributed by atoms with E-state index in [1.165, 1.54) is 6.07 Å². The third kappa shape index (κ3) is 4.45. The molecule has 4 rings (SSSR count). The molecule has 7 heteroatoms. The normalized spacial score (nSPS) is 11.7. The van der Waals surface area contributed by atoms with Gasteiger partial charge in [-0.25, -0.2) is 9.07 Å². The summed E-state index contributed by atoms with van der Waals surface area (Å²) in [6, 6.07) is 14.9. The smallest absolute Gasteiger partial charge is 0.191 e. The van der Waals surface area contributed by atoms with Gasteiger partial charge >= 0.3 is 0 Å². The molecule has 2 aromatic carbocycles. The van der Waals surface area contributed by atoms with Gasteiger partial charge in [-0.05, 0) is 53.9 Å². The van der Waals surface area contributed by atoms with Gasteiger partial charge in [0.25, 0.3) is 0 Å². The Morgan fingerprint density at radius 1 is 1.17 bits per heavy atom. The molecular formula is C22H23FN6. The monoisotopic (exact) mass is 390 g/mol. The first-order chi connectivity index (χ1) is 14.2. The predicted molar refractivity (Wildman–Crippen MR) is 114 cm³/mol. The molecule has 0 fully saturated rings. The molecule has 3 N–H and O–H groups in total. The van der Waals surface area contributed by atoms with Crippen molar-refractivity contribution in [3.8, 4) is 5.69 Å². The van der Waals surface area contributed by atoms with E-state index >= 15 is 0 Å². The second-order valence-corrected chi connectivity index (χ2v) is 6.73. The first-order valence-corrected chi connectivity index (χ1v) is 9.52. The highest BCUT2D eigenvalue weighted by Crippen LogP contribution is 2.19. The van der Waals surface area contributed by atoms with Gasteiger partial charge < -0.3 is 15.6 Å². The maximum atomic E-state index is 13.5. The Morgan fingerprint density at radius 2 is 2.10 bits per heavy atom. The van der Waals surface area contributed by atoms with Gasteiger partial charge in [-0.2, -0.15) is 5.10 Å². The van der Waals surface area contributed by atoms with Crippen LogP contribution in [-0.2, 0) is 13.0 Å². The molecule has 0 unspecified atom stereocenters.